The number of aromatic hydroxyl groups is 2. The average Bonchev–Trinajstić information content (AvgIpc) is 3.25. The van der Waals surface area contributed by atoms with Crippen LogP contribution < -0.4 is 9.47 Å². The number of fused-ring (bicyclic) bond motifs is 1. The fourth-order valence-corrected chi connectivity index (χ4v) is 4.98. The molecule has 3 aromatic carbocycles. The van der Waals surface area contributed by atoms with Crippen LogP contribution in [-0.2, 0) is 0 Å². The molecule has 2 N–H and O–H groups in total. The van der Waals surface area contributed by atoms with Crippen LogP contribution in [0.3, 0.4) is 0 Å². The van der Waals surface area contributed by atoms with Crippen LogP contribution in [0.1, 0.15) is 43.1 Å². The van der Waals surface area contributed by atoms with Crippen LogP contribution in [-0.4, -0.2) is 41.4 Å². The van der Waals surface area contributed by atoms with Crippen molar-refractivity contribution >= 4 is 11.1 Å². The second kappa shape index (κ2) is 9.43. The van der Waals surface area contributed by atoms with Crippen LogP contribution in [0.2, 0.25) is 0 Å². The van der Waals surface area contributed by atoms with Crippen molar-refractivity contribution in [1.82, 2.24) is 4.90 Å². The standard InChI is InChI=1S/C29H31NO4/c1-19-12-13-30(18-19)14-15-33-25-9-6-21(7-10-25)29-28(22-4-3-5-23(31)16-22)20(2)26-17-24(32)8-11-27(26)34-29/h3-11,16-17,19,29,31-32H,12-15,18H2,1-2H3. The van der Waals surface area contributed by atoms with Crippen molar-refractivity contribution in [2.24, 2.45) is 5.92 Å². The average molecular weight is 458 g/mol. The number of phenolic OH excluding ortho intramolecular Hbond substituents is 2. The predicted octanol–water partition coefficient (Wildman–Crippen LogP) is 5.88. The van der Waals surface area contributed by atoms with Gasteiger partial charge < -0.3 is 19.7 Å². The summed E-state index contributed by atoms with van der Waals surface area (Å²) in [6, 6.07) is 20.4. The van der Waals surface area contributed by atoms with Crippen molar-refractivity contribution in [2.45, 2.75) is 26.4 Å². The molecule has 5 nitrogen and oxygen atoms in total. The van der Waals surface area contributed by atoms with Crippen molar-refractivity contribution < 1.29 is 19.7 Å². The van der Waals surface area contributed by atoms with E-state index in [4.69, 9.17) is 9.47 Å². The van der Waals surface area contributed by atoms with Crippen molar-refractivity contribution in [3.63, 3.8) is 0 Å². The van der Waals surface area contributed by atoms with E-state index in [1.807, 2.05) is 43.3 Å². The fourth-order valence-electron chi connectivity index (χ4n) is 4.98. The predicted molar refractivity (Wildman–Crippen MR) is 134 cm³/mol. The number of hydrogen-bond donors (Lipinski definition) is 2. The molecule has 5 heteroatoms. The number of hydrogen-bond acceptors (Lipinski definition) is 5. The second-order valence-corrected chi connectivity index (χ2v) is 9.38. The molecular weight excluding hydrogens is 426 g/mol. The summed E-state index contributed by atoms with van der Waals surface area (Å²) in [6.45, 7) is 8.27. The molecule has 176 valence electrons. The minimum absolute atomic E-state index is 0.195. The first-order chi connectivity index (χ1) is 16.5. The first-order valence-corrected chi connectivity index (χ1v) is 11.9. The highest BCUT2D eigenvalue weighted by molar-refractivity contribution is 5.95. The van der Waals surface area contributed by atoms with E-state index in [1.165, 1.54) is 6.42 Å². The van der Waals surface area contributed by atoms with Crippen LogP contribution in [0.15, 0.2) is 66.7 Å². The van der Waals surface area contributed by atoms with Gasteiger partial charge in [-0.15, -0.1) is 0 Å². The van der Waals surface area contributed by atoms with Crippen LogP contribution in [0.5, 0.6) is 23.0 Å². The summed E-state index contributed by atoms with van der Waals surface area (Å²) < 4.78 is 12.5. The fraction of sp³-hybridized carbons (Fsp3) is 0.310. The molecule has 0 aliphatic carbocycles. The topological polar surface area (TPSA) is 62.2 Å². The van der Waals surface area contributed by atoms with E-state index in [0.29, 0.717) is 6.61 Å². The van der Waals surface area contributed by atoms with E-state index >= 15 is 0 Å². The zero-order valence-corrected chi connectivity index (χ0v) is 19.7. The van der Waals surface area contributed by atoms with Crippen molar-refractivity contribution in [1.29, 1.82) is 0 Å². The molecule has 1 saturated heterocycles. The molecule has 0 radical (unpaired) electrons. The minimum Gasteiger partial charge on any atom is -0.508 e. The lowest BCUT2D eigenvalue weighted by Crippen LogP contribution is -2.25. The van der Waals surface area contributed by atoms with Crippen LogP contribution in [0, 0.1) is 5.92 Å². The summed E-state index contributed by atoms with van der Waals surface area (Å²) in [4.78, 5) is 2.46. The molecule has 2 heterocycles. The van der Waals surface area contributed by atoms with Crippen molar-refractivity contribution in [3.05, 3.63) is 83.4 Å². The summed E-state index contributed by atoms with van der Waals surface area (Å²) in [5.74, 6) is 2.75. The van der Waals surface area contributed by atoms with Crippen LogP contribution >= 0.6 is 0 Å². The Hall–Kier alpha value is -3.44. The highest BCUT2D eigenvalue weighted by atomic mass is 16.5. The normalized spacial score (nSPS) is 20.2. The molecule has 0 amide bonds. The molecule has 34 heavy (non-hydrogen) atoms. The Morgan fingerprint density at radius 1 is 1.00 bits per heavy atom. The number of rotatable bonds is 6. The number of nitrogens with zero attached hydrogens (tertiary/aromatic N) is 1. The third-order valence-corrected chi connectivity index (χ3v) is 6.80. The van der Waals surface area contributed by atoms with Crippen LogP contribution in [0.4, 0.5) is 0 Å². The number of benzene rings is 3. The third kappa shape index (κ3) is 4.62. The number of allylic oxidation sites excluding steroid dienone is 1. The van der Waals surface area contributed by atoms with Gasteiger partial charge in [0.1, 0.15) is 35.7 Å². The summed E-state index contributed by atoms with van der Waals surface area (Å²) in [5, 5.41) is 20.2. The largest absolute Gasteiger partial charge is 0.508 e. The SMILES string of the molecule is CC1=C(c2cccc(O)c2)C(c2ccc(OCCN3CCC(C)C3)cc2)Oc2ccc(O)cc21. The highest BCUT2D eigenvalue weighted by Crippen LogP contribution is 2.47. The van der Waals surface area contributed by atoms with E-state index < -0.39 is 0 Å². The molecule has 2 aliphatic rings. The van der Waals surface area contributed by atoms with Crippen molar-refractivity contribution in [2.75, 3.05) is 26.2 Å². The monoisotopic (exact) mass is 457 g/mol. The first-order valence-electron chi connectivity index (χ1n) is 11.9. The molecular formula is C29H31NO4. The number of phenols is 2. The number of likely N-dealkylation sites (tertiary alicyclic amines) is 1. The Morgan fingerprint density at radius 3 is 2.53 bits per heavy atom. The maximum atomic E-state index is 10.1. The first kappa shape index (κ1) is 22.4. The van der Waals surface area contributed by atoms with Crippen molar-refractivity contribution in [3.8, 4) is 23.0 Å². The molecule has 0 saturated carbocycles. The van der Waals surface area contributed by atoms with E-state index in [2.05, 4.69) is 11.8 Å². The van der Waals surface area contributed by atoms with Crippen LogP contribution in [0.25, 0.3) is 11.1 Å². The van der Waals surface area contributed by atoms with Gasteiger partial charge in [0.05, 0.1) is 0 Å². The summed E-state index contributed by atoms with van der Waals surface area (Å²) in [7, 11) is 0. The zero-order chi connectivity index (χ0) is 23.7. The Labute approximate surface area is 200 Å². The van der Waals surface area contributed by atoms with E-state index in [1.54, 1.807) is 30.3 Å². The van der Waals surface area contributed by atoms with E-state index in [-0.39, 0.29) is 17.6 Å². The van der Waals surface area contributed by atoms with Gasteiger partial charge in [0, 0.05) is 24.2 Å². The van der Waals surface area contributed by atoms with Gasteiger partial charge in [-0.2, -0.15) is 0 Å². The maximum absolute atomic E-state index is 10.1. The lowest BCUT2D eigenvalue weighted by Gasteiger charge is -2.31. The highest BCUT2D eigenvalue weighted by Gasteiger charge is 2.29. The van der Waals surface area contributed by atoms with Gasteiger partial charge >= 0.3 is 0 Å². The molecule has 0 spiro atoms. The quantitative estimate of drug-likeness (QED) is 0.484. The molecule has 2 unspecified atom stereocenters. The second-order valence-electron chi connectivity index (χ2n) is 9.38. The third-order valence-electron chi connectivity index (χ3n) is 6.80. The molecule has 3 aromatic rings. The lowest BCUT2D eigenvalue weighted by molar-refractivity contribution is 0.233. The van der Waals surface area contributed by atoms with Gasteiger partial charge in [-0.1, -0.05) is 31.2 Å². The Balaban J connectivity index is 1.40. The Kier molecular flexibility index (Phi) is 6.20. The summed E-state index contributed by atoms with van der Waals surface area (Å²) in [6.07, 6.45) is 0.923. The van der Waals surface area contributed by atoms with E-state index in [9.17, 15) is 10.2 Å². The summed E-state index contributed by atoms with van der Waals surface area (Å²) in [5.41, 5.74) is 4.71. The number of ether oxygens (including phenoxy) is 2. The van der Waals surface area contributed by atoms with Gasteiger partial charge in [0.15, 0.2) is 0 Å². The van der Waals surface area contributed by atoms with Gasteiger partial charge in [-0.3, -0.25) is 4.90 Å². The summed E-state index contributed by atoms with van der Waals surface area (Å²) >= 11 is 0. The molecule has 5 rings (SSSR count). The zero-order valence-electron chi connectivity index (χ0n) is 19.7. The smallest absolute Gasteiger partial charge is 0.150 e. The van der Waals surface area contributed by atoms with Gasteiger partial charge in [-0.25, -0.2) is 0 Å². The molecule has 2 atom stereocenters. The molecule has 0 bridgehead atoms. The van der Waals surface area contributed by atoms with Gasteiger partial charge in [0.2, 0.25) is 0 Å². The van der Waals surface area contributed by atoms with Gasteiger partial charge in [-0.05, 0) is 85.0 Å². The lowest BCUT2D eigenvalue weighted by atomic mass is 9.86. The molecule has 0 aromatic heterocycles. The van der Waals surface area contributed by atoms with Gasteiger partial charge in [0.25, 0.3) is 0 Å². The Morgan fingerprint density at radius 2 is 1.79 bits per heavy atom. The molecule has 2 aliphatic heterocycles. The maximum Gasteiger partial charge on any atom is 0.150 e. The van der Waals surface area contributed by atoms with E-state index in [0.717, 1.165) is 64.9 Å². The Bertz CT molecular complexity index is 1200. The minimum atomic E-state index is -0.348. The molecule has 1 fully saturated rings.